The normalized spacial score (nSPS) is 28.2. The summed E-state index contributed by atoms with van der Waals surface area (Å²) < 4.78 is 5.81. The Hall–Kier alpha value is -0.980. The lowest BCUT2D eigenvalue weighted by Crippen LogP contribution is -2.51. The summed E-state index contributed by atoms with van der Waals surface area (Å²) in [6.45, 7) is 7.50. The maximum absolute atomic E-state index is 13.0. The zero-order valence-electron chi connectivity index (χ0n) is 13.4. The number of aryl methyl sites for hydroxylation is 1. The van der Waals surface area contributed by atoms with Gasteiger partial charge < -0.3 is 14.7 Å². The van der Waals surface area contributed by atoms with Crippen LogP contribution in [0.3, 0.4) is 0 Å². The Bertz CT molecular complexity index is 558. The molecule has 5 nitrogen and oxygen atoms in total. The number of aromatic nitrogens is 1. The standard InChI is InChI=1S/C16H24N2O3S/c1-9(2)15-17-10(3)14(22-15)16(20)18-4-5-21-13-7-11(8-19)6-12(13)18/h9,11-13,19H,4-8H2,1-3H3/t11-,12+,13?/m1/s1. The monoisotopic (exact) mass is 324 g/mol. The summed E-state index contributed by atoms with van der Waals surface area (Å²) in [6, 6.07) is 0.0994. The molecule has 1 N–H and O–H groups in total. The molecule has 1 aliphatic heterocycles. The van der Waals surface area contributed by atoms with Crippen molar-refractivity contribution in [3.8, 4) is 0 Å². The number of ether oxygens (including phenoxy) is 1. The molecule has 6 heteroatoms. The molecule has 2 aliphatic rings. The minimum absolute atomic E-state index is 0.0765. The van der Waals surface area contributed by atoms with E-state index in [9.17, 15) is 9.90 Å². The Labute approximate surface area is 135 Å². The van der Waals surface area contributed by atoms with Crippen LogP contribution in [0.15, 0.2) is 0 Å². The fourth-order valence-corrected chi connectivity index (χ4v) is 4.47. The fourth-order valence-electron chi connectivity index (χ4n) is 3.44. The van der Waals surface area contributed by atoms with E-state index in [4.69, 9.17) is 4.74 Å². The highest BCUT2D eigenvalue weighted by molar-refractivity contribution is 7.13. The van der Waals surface area contributed by atoms with Gasteiger partial charge in [-0.3, -0.25) is 4.79 Å². The average Bonchev–Trinajstić information content (AvgIpc) is 3.09. The van der Waals surface area contributed by atoms with Gasteiger partial charge in [-0.05, 0) is 25.7 Å². The van der Waals surface area contributed by atoms with Gasteiger partial charge in [0.1, 0.15) is 4.88 Å². The zero-order valence-corrected chi connectivity index (χ0v) is 14.2. The van der Waals surface area contributed by atoms with Crippen molar-refractivity contribution in [3.63, 3.8) is 0 Å². The number of rotatable bonds is 3. The molecule has 2 heterocycles. The number of nitrogens with zero attached hydrogens (tertiary/aromatic N) is 2. The smallest absolute Gasteiger partial charge is 0.266 e. The zero-order chi connectivity index (χ0) is 15.9. The third-order valence-electron chi connectivity index (χ3n) is 4.65. The van der Waals surface area contributed by atoms with Crippen molar-refractivity contribution in [3.05, 3.63) is 15.6 Å². The molecule has 1 saturated carbocycles. The van der Waals surface area contributed by atoms with Crippen LogP contribution in [0.5, 0.6) is 0 Å². The number of fused-ring (bicyclic) bond motifs is 1. The second-order valence-corrected chi connectivity index (χ2v) is 7.65. The highest BCUT2D eigenvalue weighted by Gasteiger charge is 2.43. The van der Waals surface area contributed by atoms with E-state index in [0.29, 0.717) is 19.1 Å². The Morgan fingerprint density at radius 1 is 1.50 bits per heavy atom. The van der Waals surface area contributed by atoms with Gasteiger partial charge in [-0.25, -0.2) is 4.98 Å². The molecular formula is C16H24N2O3S. The van der Waals surface area contributed by atoms with Crippen molar-refractivity contribution in [1.82, 2.24) is 9.88 Å². The van der Waals surface area contributed by atoms with E-state index in [1.165, 1.54) is 11.3 Å². The van der Waals surface area contributed by atoms with Crippen molar-refractivity contribution >= 4 is 17.2 Å². The van der Waals surface area contributed by atoms with Crippen LogP contribution in [-0.4, -0.2) is 52.8 Å². The summed E-state index contributed by atoms with van der Waals surface area (Å²) in [5.74, 6) is 0.670. The number of carbonyl (C=O) groups excluding carboxylic acids is 1. The van der Waals surface area contributed by atoms with Crippen LogP contribution in [-0.2, 0) is 4.74 Å². The van der Waals surface area contributed by atoms with Crippen LogP contribution >= 0.6 is 11.3 Å². The fraction of sp³-hybridized carbons (Fsp3) is 0.750. The molecule has 1 amide bonds. The molecule has 1 aliphatic carbocycles. The largest absolute Gasteiger partial charge is 0.396 e. The first-order chi connectivity index (χ1) is 10.5. The van der Waals surface area contributed by atoms with Gasteiger partial charge in [0.15, 0.2) is 0 Å². The number of hydrogen-bond acceptors (Lipinski definition) is 5. The van der Waals surface area contributed by atoms with Crippen molar-refractivity contribution in [2.75, 3.05) is 19.8 Å². The Kier molecular flexibility index (Phi) is 4.52. The first kappa shape index (κ1) is 15.9. The van der Waals surface area contributed by atoms with E-state index in [-0.39, 0.29) is 30.6 Å². The number of thiazole rings is 1. The van der Waals surface area contributed by atoms with Gasteiger partial charge in [-0.1, -0.05) is 13.8 Å². The summed E-state index contributed by atoms with van der Waals surface area (Å²) in [6.07, 6.45) is 1.76. The van der Waals surface area contributed by atoms with Crippen molar-refractivity contribution < 1.29 is 14.6 Å². The first-order valence-electron chi connectivity index (χ1n) is 8.02. The molecule has 1 aromatic rings. The number of carbonyl (C=O) groups is 1. The van der Waals surface area contributed by atoms with Crippen LogP contribution in [0.25, 0.3) is 0 Å². The van der Waals surface area contributed by atoms with E-state index in [1.54, 1.807) is 0 Å². The molecule has 0 spiro atoms. The second kappa shape index (κ2) is 6.26. The molecule has 122 valence electrons. The molecule has 1 unspecified atom stereocenters. The number of amides is 1. The molecule has 1 saturated heterocycles. The molecule has 3 rings (SSSR count). The van der Waals surface area contributed by atoms with Crippen molar-refractivity contribution in [2.24, 2.45) is 5.92 Å². The highest BCUT2D eigenvalue weighted by Crippen LogP contribution is 2.36. The van der Waals surface area contributed by atoms with Gasteiger partial charge in [0, 0.05) is 19.1 Å². The van der Waals surface area contributed by atoms with Crippen LogP contribution < -0.4 is 0 Å². The van der Waals surface area contributed by atoms with Gasteiger partial charge in [-0.2, -0.15) is 0 Å². The number of morpholine rings is 1. The Morgan fingerprint density at radius 3 is 2.91 bits per heavy atom. The predicted octanol–water partition coefficient (Wildman–Crippen LogP) is 2.19. The van der Waals surface area contributed by atoms with Crippen LogP contribution in [0.1, 0.15) is 53.0 Å². The topological polar surface area (TPSA) is 62.7 Å². The van der Waals surface area contributed by atoms with Gasteiger partial charge in [-0.15, -0.1) is 11.3 Å². The van der Waals surface area contributed by atoms with E-state index in [1.807, 2.05) is 11.8 Å². The van der Waals surface area contributed by atoms with Crippen LogP contribution in [0.2, 0.25) is 0 Å². The van der Waals surface area contributed by atoms with Crippen molar-refractivity contribution in [2.45, 2.75) is 51.7 Å². The minimum Gasteiger partial charge on any atom is -0.396 e. The molecule has 0 radical (unpaired) electrons. The molecule has 2 fully saturated rings. The number of aliphatic hydroxyl groups excluding tert-OH is 1. The lowest BCUT2D eigenvalue weighted by Gasteiger charge is -2.37. The van der Waals surface area contributed by atoms with Gasteiger partial charge in [0.25, 0.3) is 5.91 Å². The van der Waals surface area contributed by atoms with Gasteiger partial charge in [0.2, 0.25) is 0 Å². The van der Waals surface area contributed by atoms with E-state index in [2.05, 4.69) is 18.8 Å². The summed E-state index contributed by atoms with van der Waals surface area (Å²) in [5.41, 5.74) is 0.832. The Balaban J connectivity index is 1.82. The second-order valence-electron chi connectivity index (χ2n) is 6.62. The predicted molar refractivity (Wildman–Crippen MR) is 85.3 cm³/mol. The van der Waals surface area contributed by atoms with E-state index < -0.39 is 0 Å². The molecule has 0 bridgehead atoms. The quantitative estimate of drug-likeness (QED) is 0.926. The molecule has 22 heavy (non-hydrogen) atoms. The summed E-state index contributed by atoms with van der Waals surface area (Å²) in [4.78, 5) is 20.2. The maximum atomic E-state index is 13.0. The SMILES string of the molecule is Cc1nc(C(C)C)sc1C(=O)N1CCOC2C[C@H](CO)C[C@@H]21. The maximum Gasteiger partial charge on any atom is 0.266 e. The molecule has 3 atom stereocenters. The lowest BCUT2D eigenvalue weighted by atomic mass is 10.1. The average molecular weight is 324 g/mol. The van der Waals surface area contributed by atoms with E-state index >= 15 is 0 Å². The lowest BCUT2D eigenvalue weighted by molar-refractivity contribution is -0.0447. The minimum atomic E-state index is 0.0765. The summed E-state index contributed by atoms with van der Waals surface area (Å²) >= 11 is 1.52. The third kappa shape index (κ3) is 2.79. The summed E-state index contributed by atoms with van der Waals surface area (Å²) in [5, 5.41) is 10.4. The molecular weight excluding hydrogens is 300 g/mol. The highest BCUT2D eigenvalue weighted by atomic mass is 32.1. The number of hydrogen-bond donors (Lipinski definition) is 1. The molecule has 0 aromatic carbocycles. The Morgan fingerprint density at radius 2 is 2.27 bits per heavy atom. The van der Waals surface area contributed by atoms with Crippen LogP contribution in [0, 0.1) is 12.8 Å². The van der Waals surface area contributed by atoms with Gasteiger partial charge >= 0.3 is 0 Å². The first-order valence-corrected chi connectivity index (χ1v) is 8.83. The van der Waals surface area contributed by atoms with Crippen molar-refractivity contribution in [1.29, 1.82) is 0 Å². The number of aliphatic hydroxyl groups is 1. The third-order valence-corrected chi connectivity index (χ3v) is 6.10. The molecule has 1 aromatic heterocycles. The summed E-state index contributed by atoms with van der Waals surface area (Å²) in [7, 11) is 0. The van der Waals surface area contributed by atoms with Gasteiger partial charge in [0.05, 0.1) is 29.5 Å². The van der Waals surface area contributed by atoms with E-state index in [0.717, 1.165) is 28.4 Å². The van der Waals surface area contributed by atoms with Crippen LogP contribution in [0.4, 0.5) is 0 Å².